The molecule has 0 atom stereocenters. The number of rotatable bonds is 7. The van der Waals surface area contributed by atoms with Gasteiger partial charge in [0, 0.05) is 18.3 Å². The van der Waals surface area contributed by atoms with E-state index in [-0.39, 0.29) is 5.91 Å². The molecule has 0 saturated heterocycles. The lowest BCUT2D eigenvalue weighted by Crippen LogP contribution is -2.25. The lowest BCUT2D eigenvalue weighted by Gasteiger charge is -2.01. The molecule has 1 heterocycles. The zero-order chi connectivity index (χ0) is 11.8. The van der Waals surface area contributed by atoms with E-state index < -0.39 is 0 Å². The van der Waals surface area contributed by atoms with Crippen LogP contribution < -0.4 is 16.8 Å². The Balaban J connectivity index is 2.34. The Morgan fingerprint density at radius 3 is 2.88 bits per heavy atom. The highest BCUT2D eigenvalue weighted by Crippen LogP contribution is 2.09. The standard InChI is InChI=1S/C10H18N4OS/c11-4-1-2-6-13-10(15)8-7-16-9(14-8)3-5-12/h7H,1-6,11-12H2,(H,13,15). The van der Waals surface area contributed by atoms with Gasteiger partial charge in [-0.15, -0.1) is 11.3 Å². The fourth-order valence-corrected chi connectivity index (χ4v) is 2.01. The molecule has 5 nitrogen and oxygen atoms in total. The molecule has 6 heteroatoms. The summed E-state index contributed by atoms with van der Waals surface area (Å²) in [5.74, 6) is -0.114. The third kappa shape index (κ3) is 4.26. The molecule has 0 aromatic carbocycles. The molecule has 0 aliphatic carbocycles. The number of nitrogens with one attached hydrogen (secondary N) is 1. The Kier molecular flexibility index (Phi) is 5.99. The van der Waals surface area contributed by atoms with Crippen LogP contribution in [-0.4, -0.2) is 30.5 Å². The van der Waals surface area contributed by atoms with E-state index in [1.807, 2.05) is 0 Å². The number of thiazole rings is 1. The lowest BCUT2D eigenvalue weighted by atomic mass is 10.3. The van der Waals surface area contributed by atoms with Crippen LogP contribution in [0.1, 0.15) is 28.3 Å². The van der Waals surface area contributed by atoms with Gasteiger partial charge in [0.2, 0.25) is 0 Å². The third-order valence-corrected chi connectivity index (χ3v) is 2.97. The molecule has 0 aliphatic rings. The van der Waals surface area contributed by atoms with Crippen molar-refractivity contribution < 1.29 is 4.79 Å². The van der Waals surface area contributed by atoms with Gasteiger partial charge >= 0.3 is 0 Å². The number of nitrogens with zero attached hydrogens (tertiary/aromatic N) is 1. The average molecular weight is 242 g/mol. The van der Waals surface area contributed by atoms with Gasteiger partial charge in [0.1, 0.15) is 5.69 Å². The summed E-state index contributed by atoms with van der Waals surface area (Å²) in [6, 6.07) is 0. The van der Waals surface area contributed by atoms with Crippen LogP contribution in [0.4, 0.5) is 0 Å². The number of hydrogen-bond donors (Lipinski definition) is 3. The van der Waals surface area contributed by atoms with Gasteiger partial charge in [0.25, 0.3) is 5.91 Å². The van der Waals surface area contributed by atoms with Gasteiger partial charge in [-0.3, -0.25) is 4.79 Å². The van der Waals surface area contributed by atoms with E-state index in [1.165, 1.54) is 11.3 Å². The highest BCUT2D eigenvalue weighted by molar-refractivity contribution is 7.09. The Morgan fingerprint density at radius 2 is 2.19 bits per heavy atom. The average Bonchev–Trinajstić information content (AvgIpc) is 2.73. The highest BCUT2D eigenvalue weighted by Gasteiger charge is 2.09. The molecule has 1 rings (SSSR count). The molecule has 0 fully saturated rings. The van der Waals surface area contributed by atoms with Crippen LogP contribution in [-0.2, 0) is 6.42 Å². The van der Waals surface area contributed by atoms with Gasteiger partial charge in [-0.2, -0.15) is 0 Å². The molecule has 0 radical (unpaired) electrons. The SMILES string of the molecule is NCCCCNC(=O)c1csc(CCN)n1. The maximum atomic E-state index is 11.6. The van der Waals surface area contributed by atoms with Crippen LogP contribution >= 0.6 is 11.3 Å². The summed E-state index contributed by atoms with van der Waals surface area (Å²) in [6.07, 6.45) is 2.56. The smallest absolute Gasteiger partial charge is 0.270 e. The Labute approximate surface area is 99.2 Å². The molecule has 1 aromatic heterocycles. The maximum Gasteiger partial charge on any atom is 0.270 e. The molecule has 0 aliphatic heterocycles. The van der Waals surface area contributed by atoms with Crippen LogP contribution in [0, 0.1) is 0 Å². The van der Waals surface area contributed by atoms with Crippen molar-refractivity contribution in [3.8, 4) is 0 Å². The predicted octanol–water partition coefficient (Wildman–Crippen LogP) is 0.113. The summed E-state index contributed by atoms with van der Waals surface area (Å²) in [5, 5.41) is 5.49. The largest absolute Gasteiger partial charge is 0.351 e. The zero-order valence-corrected chi connectivity index (χ0v) is 10.1. The number of unbranched alkanes of at least 4 members (excludes halogenated alkanes) is 1. The number of carbonyl (C=O) groups excluding carboxylic acids is 1. The second-order valence-corrected chi connectivity index (χ2v) is 4.36. The number of amides is 1. The quantitative estimate of drug-likeness (QED) is 0.592. The van der Waals surface area contributed by atoms with Gasteiger partial charge in [-0.05, 0) is 25.9 Å². The monoisotopic (exact) mass is 242 g/mol. The summed E-state index contributed by atoms with van der Waals surface area (Å²) >= 11 is 1.47. The number of hydrogen-bond acceptors (Lipinski definition) is 5. The van der Waals surface area contributed by atoms with Gasteiger partial charge in [0.05, 0.1) is 5.01 Å². The van der Waals surface area contributed by atoms with Crippen molar-refractivity contribution in [2.24, 2.45) is 11.5 Å². The molecule has 16 heavy (non-hydrogen) atoms. The van der Waals surface area contributed by atoms with Crippen LogP contribution in [0.25, 0.3) is 0 Å². The third-order valence-electron chi connectivity index (χ3n) is 2.06. The Hall–Kier alpha value is -0.980. The second-order valence-electron chi connectivity index (χ2n) is 3.42. The van der Waals surface area contributed by atoms with Crippen molar-refractivity contribution >= 4 is 17.2 Å². The predicted molar refractivity (Wildman–Crippen MR) is 65.5 cm³/mol. The number of nitrogens with two attached hydrogens (primary N) is 2. The second kappa shape index (κ2) is 7.32. The van der Waals surface area contributed by atoms with Crippen LogP contribution in [0.3, 0.4) is 0 Å². The van der Waals surface area contributed by atoms with E-state index in [2.05, 4.69) is 10.3 Å². The van der Waals surface area contributed by atoms with Crippen molar-refractivity contribution in [3.63, 3.8) is 0 Å². The molecule has 1 aromatic rings. The minimum atomic E-state index is -0.114. The Bertz CT molecular complexity index is 326. The van der Waals surface area contributed by atoms with Crippen molar-refractivity contribution in [1.29, 1.82) is 0 Å². The van der Waals surface area contributed by atoms with Gasteiger partial charge in [0.15, 0.2) is 0 Å². The first-order chi connectivity index (χ1) is 7.77. The minimum Gasteiger partial charge on any atom is -0.351 e. The van der Waals surface area contributed by atoms with E-state index >= 15 is 0 Å². The molecular formula is C10H18N4OS. The molecule has 0 unspecified atom stereocenters. The van der Waals surface area contributed by atoms with Crippen molar-refractivity contribution in [3.05, 3.63) is 16.1 Å². The first-order valence-electron chi connectivity index (χ1n) is 5.40. The molecule has 1 amide bonds. The van der Waals surface area contributed by atoms with Crippen LogP contribution in [0.5, 0.6) is 0 Å². The van der Waals surface area contributed by atoms with E-state index in [0.29, 0.717) is 25.3 Å². The molecule has 0 spiro atoms. The molecule has 0 bridgehead atoms. The molecular weight excluding hydrogens is 224 g/mol. The van der Waals surface area contributed by atoms with E-state index in [4.69, 9.17) is 11.5 Å². The Morgan fingerprint density at radius 1 is 1.38 bits per heavy atom. The fourth-order valence-electron chi connectivity index (χ4n) is 1.22. The molecule has 90 valence electrons. The lowest BCUT2D eigenvalue weighted by molar-refractivity contribution is 0.0948. The molecule has 5 N–H and O–H groups in total. The zero-order valence-electron chi connectivity index (χ0n) is 9.24. The summed E-state index contributed by atoms with van der Waals surface area (Å²) in [7, 11) is 0. The van der Waals surface area contributed by atoms with E-state index in [0.717, 1.165) is 24.3 Å². The molecule has 0 saturated carbocycles. The van der Waals surface area contributed by atoms with E-state index in [1.54, 1.807) is 5.38 Å². The van der Waals surface area contributed by atoms with Crippen LogP contribution in [0.15, 0.2) is 5.38 Å². The first kappa shape index (κ1) is 13.1. The van der Waals surface area contributed by atoms with Crippen molar-refractivity contribution in [2.75, 3.05) is 19.6 Å². The fraction of sp³-hybridized carbons (Fsp3) is 0.600. The van der Waals surface area contributed by atoms with Crippen molar-refractivity contribution in [2.45, 2.75) is 19.3 Å². The summed E-state index contributed by atoms with van der Waals surface area (Å²) in [6.45, 7) is 1.87. The number of aromatic nitrogens is 1. The summed E-state index contributed by atoms with van der Waals surface area (Å²) in [5.41, 5.74) is 11.3. The summed E-state index contributed by atoms with van der Waals surface area (Å²) < 4.78 is 0. The topological polar surface area (TPSA) is 94.0 Å². The van der Waals surface area contributed by atoms with Gasteiger partial charge in [-0.1, -0.05) is 0 Å². The van der Waals surface area contributed by atoms with Crippen LogP contribution in [0.2, 0.25) is 0 Å². The highest BCUT2D eigenvalue weighted by atomic mass is 32.1. The maximum absolute atomic E-state index is 11.6. The normalized spacial score (nSPS) is 10.4. The number of carbonyl (C=O) groups is 1. The first-order valence-corrected chi connectivity index (χ1v) is 6.28. The minimum absolute atomic E-state index is 0.114. The van der Waals surface area contributed by atoms with E-state index in [9.17, 15) is 4.79 Å². The van der Waals surface area contributed by atoms with Crippen molar-refractivity contribution in [1.82, 2.24) is 10.3 Å². The van der Waals surface area contributed by atoms with Gasteiger partial charge < -0.3 is 16.8 Å². The summed E-state index contributed by atoms with van der Waals surface area (Å²) in [4.78, 5) is 15.8. The van der Waals surface area contributed by atoms with Gasteiger partial charge in [-0.25, -0.2) is 4.98 Å².